The molecule has 1 aromatic rings. The van der Waals surface area contributed by atoms with E-state index in [1.807, 2.05) is 23.9 Å². The average Bonchev–Trinajstić information content (AvgIpc) is 3.22. The second-order valence-electron chi connectivity index (χ2n) is 12.4. The van der Waals surface area contributed by atoms with Crippen LogP contribution in [0, 0.1) is 17.8 Å². The number of alkyl halides is 1. The molecule has 6 nitrogen and oxygen atoms in total. The van der Waals surface area contributed by atoms with Gasteiger partial charge in [-0.2, -0.15) is 0 Å². The highest BCUT2D eigenvalue weighted by atomic mass is 35.5. The van der Waals surface area contributed by atoms with E-state index in [4.69, 9.17) is 11.6 Å². The third kappa shape index (κ3) is 5.15. The number of hydrogen-bond acceptors (Lipinski definition) is 5. The predicted molar refractivity (Wildman–Crippen MR) is 150 cm³/mol. The minimum atomic E-state index is -0.557. The predicted octanol–water partition coefficient (Wildman–Crippen LogP) is 5.27. The van der Waals surface area contributed by atoms with Crippen molar-refractivity contribution in [1.29, 1.82) is 0 Å². The Bertz CT molecular complexity index is 1080. The fraction of sp³-hybridized carbons (Fsp3) is 0.700. The van der Waals surface area contributed by atoms with Gasteiger partial charge in [-0.15, -0.1) is 23.4 Å². The number of piperidine rings is 1. The Morgan fingerprint density at radius 1 is 1.03 bits per heavy atom. The number of thioether (sulfide) groups is 1. The van der Waals surface area contributed by atoms with Gasteiger partial charge in [-0.25, -0.2) is 0 Å². The smallest absolute Gasteiger partial charge is 0.255 e. The quantitative estimate of drug-likeness (QED) is 0.168. The number of imide groups is 1. The molecule has 6 aliphatic rings. The minimum Gasteiger partial charge on any atom is -0.322 e. The van der Waals surface area contributed by atoms with Crippen LogP contribution in [-0.2, 0) is 16.1 Å². The fourth-order valence-corrected chi connectivity index (χ4v) is 9.74. The summed E-state index contributed by atoms with van der Waals surface area (Å²) in [6, 6.07) is 5.33. The lowest BCUT2D eigenvalue weighted by Gasteiger charge is -2.59. The summed E-state index contributed by atoms with van der Waals surface area (Å²) in [5.74, 6) is 2.90. The van der Waals surface area contributed by atoms with Crippen LogP contribution in [0.15, 0.2) is 23.1 Å². The van der Waals surface area contributed by atoms with Gasteiger partial charge >= 0.3 is 0 Å². The molecule has 1 aromatic carbocycles. The number of carbonyl (C=O) groups is 3. The van der Waals surface area contributed by atoms with Crippen LogP contribution in [0.4, 0.5) is 0 Å². The third-order valence-electron chi connectivity index (χ3n) is 9.78. The maximum Gasteiger partial charge on any atom is 0.255 e. The second kappa shape index (κ2) is 11.1. The van der Waals surface area contributed by atoms with Gasteiger partial charge < -0.3 is 10.2 Å². The number of fused-ring (bicyclic) bond motifs is 1. The summed E-state index contributed by atoms with van der Waals surface area (Å²) in [6.07, 6.45) is 13.6. The number of rotatable bonds is 11. The summed E-state index contributed by atoms with van der Waals surface area (Å²) in [6.45, 7) is 1.54. The summed E-state index contributed by atoms with van der Waals surface area (Å²) in [4.78, 5) is 39.6. The van der Waals surface area contributed by atoms with Gasteiger partial charge in [-0.05, 0) is 99.1 Å². The number of hydrogen-bond donors (Lipinski definition) is 2. The van der Waals surface area contributed by atoms with E-state index in [9.17, 15) is 14.4 Å². The molecule has 38 heavy (non-hydrogen) atoms. The maximum absolute atomic E-state index is 13.0. The highest BCUT2D eigenvalue weighted by Gasteiger charge is 2.56. The molecular weight excluding hydrogens is 518 g/mol. The Hall–Kier alpha value is -1.57. The van der Waals surface area contributed by atoms with E-state index < -0.39 is 6.04 Å². The molecule has 2 aliphatic heterocycles. The Labute approximate surface area is 235 Å². The van der Waals surface area contributed by atoms with Crippen LogP contribution in [0.3, 0.4) is 0 Å². The van der Waals surface area contributed by atoms with E-state index in [-0.39, 0.29) is 29.7 Å². The molecule has 2 heterocycles. The largest absolute Gasteiger partial charge is 0.322 e. The summed E-state index contributed by atoms with van der Waals surface area (Å²) >= 11 is 8.78. The van der Waals surface area contributed by atoms with Crippen LogP contribution in [0.2, 0.25) is 0 Å². The number of unbranched alkanes of at least 4 members (excludes halogenated alkanes) is 4. The maximum atomic E-state index is 13.0. The Morgan fingerprint density at radius 3 is 2.58 bits per heavy atom. The van der Waals surface area contributed by atoms with Gasteiger partial charge in [0.05, 0.1) is 5.38 Å². The Morgan fingerprint density at radius 2 is 1.79 bits per heavy atom. The second-order valence-corrected chi connectivity index (χ2v) is 14.0. The molecule has 4 atom stereocenters. The minimum absolute atomic E-state index is 0.0976. The van der Waals surface area contributed by atoms with Crippen molar-refractivity contribution in [3.63, 3.8) is 0 Å². The van der Waals surface area contributed by atoms with Crippen LogP contribution in [0.25, 0.3) is 0 Å². The molecule has 4 bridgehead atoms. The van der Waals surface area contributed by atoms with Crippen molar-refractivity contribution >= 4 is 41.1 Å². The zero-order valence-corrected chi connectivity index (χ0v) is 23.8. The summed E-state index contributed by atoms with van der Waals surface area (Å²) < 4.78 is 0. The van der Waals surface area contributed by atoms with Crippen LogP contribution in [0.5, 0.6) is 0 Å². The highest BCUT2D eigenvalue weighted by Crippen LogP contribution is 2.57. The normalized spacial score (nSPS) is 33.7. The first kappa shape index (κ1) is 26.6. The molecule has 2 N–H and O–H groups in total. The molecule has 4 saturated carbocycles. The van der Waals surface area contributed by atoms with Crippen LogP contribution in [0.1, 0.15) is 93.0 Å². The standard InChI is InChI=1S/C30H40ClN3O3S/c31-27-21-14-19-13-20(15-21)17-30(27,16-19)32-11-4-2-1-3-5-12-38-25-8-6-7-22-23(25)18-34(29(22)37)24-9-10-26(35)33-28(24)36/h6-8,19-21,24,27,32H,1-5,9-18H2,(H,33,35,36). The lowest BCUT2D eigenvalue weighted by molar-refractivity contribution is -0.136. The summed E-state index contributed by atoms with van der Waals surface area (Å²) in [7, 11) is 0. The molecule has 0 radical (unpaired) electrons. The van der Waals surface area contributed by atoms with E-state index in [1.165, 1.54) is 57.8 Å². The van der Waals surface area contributed by atoms with Crippen molar-refractivity contribution in [2.75, 3.05) is 12.3 Å². The van der Waals surface area contributed by atoms with Crippen LogP contribution < -0.4 is 10.6 Å². The Kier molecular flexibility index (Phi) is 7.80. The summed E-state index contributed by atoms with van der Waals surface area (Å²) in [5, 5.41) is 6.66. The number of benzene rings is 1. The molecular formula is C30H40ClN3O3S. The van der Waals surface area contributed by atoms with E-state index in [2.05, 4.69) is 16.7 Å². The van der Waals surface area contributed by atoms with E-state index >= 15 is 0 Å². The lowest BCUT2D eigenvalue weighted by Crippen LogP contribution is -2.65. The van der Waals surface area contributed by atoms with Crippen molar-refractivity contribution in [2.24, 2.45) is 17.8 Å². The van der Waals surface area contributed by atoms with Crippen LogP contribution in [-0.4, -0.2) is 51.9 Å². The first-order chi connectivity index (χ1) is 18.4. The monoisotopic (exact) mass is 557 g/mol. The molecule has 8 heteroatoms. The highest BCUT2D eigenvalue weighted by molar-refractivity contribution is 7.99. The first-order valence-electron chi connectivity index (χ1n) is 14.7. The summed E-state index contributed by atoms with van der Waals surface area (Å²) in [5.41, 5.74) is 1.95. The molecule has 4 aliphatic carbocycles. The van der Waals surface area contributed by atoms with Gasteiger partial charge in [0.25, 0.3) is 5.91 Å². The van der Waals surface area contributed by atoms with E-state index in [0.717, 1.165) is 46.9 Å². The topological polar surface area (TPSA) is 78.5 Å². The van der Waals surface area contributed by atoms with Crippen molar-refractivity contribution in [3.05, 3.63) is 29.3 Å². The molecule has 1 saturated heterocycles. The SMILES string of the molecule is O=C1CCC(N2Cc3c(SCCCCCCCNC45CC6CC(CC(C6)C4Cl)C5)cccc3C2=O)C(=O)N1. The van der Waals surface area contributed by atoms with Crippen molar-refractivity contribution in [1.82, 2.24) is 15.5 Å². The molecule has 206 valence electrons. The van der Waals surface area contributed by atoms with Gasteiger partial charge in [0.1, 0.15) is 6.04 Å². The zero-order chi connectivity index (χ0) is 26.3. The molecule has 0 aromatic heterocycles. The lowest BCUT2D eigenvalue weighted by atomic mass is 9.52. The van der Waals surface area contributed by atoms with Crippen molar-refractivity contribution in [2.45, 2.75) is 105 Å². The molecule has 7 rings (SSSR count). The van der Waals surface area contributed by atoms with Gasteiger partial charge in [0.15, 0.2) is 0 Å². The number of amides is 3. The van der Waals surface area contributed by atoms with Crippen LogP contribution >= 0.6 is 23.4 Å². The Balaban J connectivity index is 0.902. The third-order valence-corrected chi connectivity index (χ3v) is 11.7. The van der Waals surface area contributed by atoms with Crippen molar-refractivity contribution < 1.29 is 14.4 Å². The fourth-order valence-electron chi connectivity index (χ4n) is 8.19. The average molecular weight is 558 g/mol. The number of nitrogens with one attached hydrogen (secondary N) is 2. The molecule has 4 unspecified atom stereocenters. The first-order valence-corrected chi connectivity index (χ1v) is 16.1. The molecule has 0 spiro atoms. The van der Waals surface area contributed by atoms with E-state index in [0.29, 0.717) is 23.9 Å². The number of nitrogens with zero attached hydrogens (tertiary/aromatic N) is 1. The van der Waals surface area contributed by atoms with Gasteiger partial charge in [-0.1, -0.05) is 25.3 Å². The zero-order valence-electron chi connectivity index (χ0n) is 22.2. The van der Waals surface area contributed by atoms with Gasteiger partial charge in [0, 0.05) is 29.0 Å². The van der Waals surface area contributed by atoms with Crippen molar-refractivity contribution in [3.8, 4) is 0 Å². The molecule has 3 amide bonds. The number of carbonyl (C=O) groups excluding carboxylic acids is 3. The molecule has 5 fully saturated rings. The van der Waals surface area contributed by atoms with E-state index in [1.54, 1.807) is 4.90 Å². The van der Waals surface area contributed by atoms with Gasteiger partial charge in [0.2, 0.25) is 11.8 Å². The number of halogens is 1. The van der Waals surface area contributed by atoms with Gasteiger partial charge in [-0.3, -0.25) is 19.7 Å².